The number of hydrazine groups is 1. The lowest BCUT2D eigenvalue weighted by Crippen LogP contribution is -2.10. The molecule has 21 heavy (non-hydrogen) atoms. The molecule has 1 heterocycles. The van der Waals surface area contributed by atoms with Crippen molar-refractivity contribution >= 4 is 17.2 Å². The molecule has 0 spiro atoms. The predicted octanol–water partition coefficient (Wildman–Crippen LogP) is 1.34. The fourth-order valence-electron chi connectivity index (χ4n) is 1.91. The molecule has 0 amide bonds. The maximum absolute atomic E-state index is 10.9. The van der Waals surface area contributed by atoms with E-state index in [1.54, 1.807) is 13.0 Å². The standard InChI is InChI=1S/C11H12N6O4/c1-7-5-15(14-11(7)17(20)21)6-8-2-3-9(13-12)10(4-8)16(18)19/h2-5,13H,6,12H2,1H3. The van der Waals surface area contributed by atoms with Gasteiger partial charge in [-0.1, -0.05) is 6.07 Å². The van der Waals surface area contributed by atoms with Gasteiger partial charge in [-0.25, -0.2) is 0 Å². The van der Waals surface area contributed by atoms with Crippen LogP contribution in [0.15, 0.2) is 24.4 Å². The van der Waals surface area contributed by atoms with E-state index in [0.717, 1.165) is 0 Å². The minimum Gasteiger partial charge on any atom is -0.358 e. The van der Waals surface area contributed by atoms with Gasteiger partial charge >= 0.3 is 5.82 Å². The van der Waals surface area contributed by atoms with Gasteiger partial charge in [0, 0.05) is 6.07 Å². The molecule has 10 nitrogen and oxygen atoms in total. The first-order chi connectivity index (χ1) is 9.92. The Kier molecular flexibility index (Phi) is 3.80. The van der Waals surface area contributed by atoms with Crippen LogP contribution in [0.3, 0.4) is 0 Å². The van der Waals surface area contributed by atoms with Gasteiger partial charge in [0.25, 0.3) is 5.69 Å². The number of aryl methyl sites for hydroxylation is 1. The van der Waals surface area contributed by atoms with E-state index in [2.05, 4.69) is 10.5 Å². The summed E-state index contributed by atoms with van der Waals surface area (Å²) < 4.78 is 1.36. The molecule has 0 unspecified atom stereocenters. The smallest absolute Gasteiger partial charge is 0.358 e. The minimum absolute atomic E-state index is 0.173. The highest BCUT2D eigenvalue weighted by Gasteiger charge is 2.18. The van der Waals surface area contributed by atoms with E-state index in [9.17, 15) is 20.2 Å². The van der Waals surface area contributed by atoms with Crippen molar-refractivity contribution < 1.29 is 9.85 Å². The molecule has 1 aromatic carbocycles. The van der Waals surface area contributed by atoms with Gasteiger partial charge in [-0.3, -0.25) is 16.0 Å². The van der Waals surface area contributed by atoms with Crippen LogP contribution in [0.2, 0.25) is 0 Å². The van der Waals surface area contributed by atoms with Gasteiger partial charge in [0.05, 0.1) is 28.3 Å². The highest BCUT2D eigenvalue weighted by Crippen LogP contribution is 2.25. The molecule has 0 aliphatic heterocycles. The second-order valence-corrected chi connectivity index (χ2v) is 4.34. The van der Waals surface area contributed by atoms with E-state index in [4.69, 9.17) is 5.84 Å². The third-order valence-electron chi connectivity index (χ3n) is 2.85. The van der Waals surface area contributed by atoms with E-state index in [1.807, 2.05) is 0 Å². The summed E-state index contributed by atoms with van der Waals surface area (Å²) in [5, 5.41) is 25.5. The molecule has 0 atom stereocenters. The maximum atomic E-state index is 10.9. The lowest BCUT2D eigenvalue weighted by Gasteiger charge is -2.04. The summed E-state index contributed by atoms with van der Waals surface area (Å²) in [6.45, 7) is 1.76. The number of nitro groups is 2. The SMILES string of the molecule is Cc1cn(Cc2ccc(NN)c([N+](=O)[O-])c2)nc1[N+](=O)[O-]. The van der Waals surface area contributed by atoms with Crippen LogP contribution < -0.4 is 11.3 Å². The van der Waals surface area contributed by atoms with Crippen LogP contribution in [0.25, 0.3) is 0 Å². The van der Waals surface area contributed by atoms with Crippen molar-refractivity contribution in [1.29, 1.82) is 0 Å². The molecule has 2 aromatic rings. The Labute approximate surface area is 118 Å². The molecule has 0 bridgehead atoms. The number of nitrogens with zero attached hydrogens (tertiary/aromatic N) is 4. The van der Waals surface area contributed by atoms with Gasteiger partial charge in [0.2, 0.25) is 0 Å². The Hall–Kier alpha value is -3.01. The summed E-state index contributed by atoms with van der Waals surface area (Å²) in [6, 6.07) is 4.45. The van der Waals surface area contributed by atoms with E-state index in [-0.39, 0.29) is 23.7 Å². The first kappa shape index (κ1) is 14.4. The predicted molar refractivity (Wildman–Crippen MR) is 73.6 cm³/mol. The second-order valence-electron chi connectivity index (χ2n) is 4.34. The number of nitrogens with two attached hydrogens (primary N) is 1. The van der Waals surface area contributed by atoms with Gasteiger partial charge in [-0.15, -0.1) is 0 Å². The molecule has 0 aliphatic rings. The largest absolute Gasteiger partial charge is 0.392 e. The zero-order valence-corrected chi connectivity index (χ0v) is 11.0. The first-order valence-corrected chi connectivity index (χ1v) is 5.84. The monoisotopic (exact) mass is 292 g/mol. The van der Waals surface area contributed by atoms with Crippen molar-refractivity contribution in [2.75, 3.05) is 5.43 Å². The summed E-state index contributed by atoms with van der Waals surface area (Å²) in [4.78, 5) is 20.5. The molecule has 3 N–H and O–H groups in total. The van der Waals surface area contributed by atoms with E-state index >= 15 is 0 Å². The molecular weight excluding hydrogens is 280 g/mol. The second kappa shape index (κ2) is 5.54. The van der Waals surface area contributed by atoms with Gasteiger partial charge in [0.15, 0.2) is 0 Å². The van der Waals surface area contributed by atoms with Crippen LogP contribution in [0.1, 0.15) is 11.1 Å². The Morgan fingerprint density at radius 2 is 2.05 bits per heavy atom. The lowest BCUT2D eigenvalue weighted by molar-refractivity contribution is -0.390. The topological polar surface area (TPSA) is 142 Å². The number of nitro benzene ring substituents is 1. The number of hydrogen-bond donors (Lipinski definition) is 2. The van der Waals surface area contributed by atoms with Crippen molar-refractivity contribution in [3.63, 3.8) is 0 Å². The van der Waals surface area contributed by atoms with Gasteiger partial charge in [-0.05, 0) is 23.5 Å². The molecular formula is C11H12N6O4. The summed E-state index contributed by atoms with van der Waals surface area (Å²) in [6.07, 6.45) is 1.51. The van der Waals surface area contributed by atoms with Gasteiger partial charge in [-0.2, -0.15) is 4.68 Å². The van der Waals surface area contributed by atoms with Crippen molar-refractivity contribution in [1.82, 2.24) is 9.78 Å². The van der Waals surface area contributed by atoms with Crippen molar-refractivity contribution in [2.24, 2.45) is 5.84 Å². The molecule has 0 saturated heterocycles. The van der Waals surface area contributed by atoms with Crippen molar-refractivity contribution in [3.8, 4) is 0 Å². The van der Waals surface area contributed by atoms with E-state index in [1.165, 1.54) is 23.0 Å². The van der Waals surface area contributed by atoms with Crippen LogP contribution in [-0.4, -0.2) is 19.6 Å². The Morgan fingerprint density at radius 1 is 1.33 bits per heavy atom. The lowest BCUT2D eigenvalue weighted by atomic mass is 10.1. The van der Waals surface area contributed by atoms with Gasteiger partial charge in [0.1, 0.15) is 5.69 Å². The number of rotatable bonds is 5. The molecule has 0 aliphatic carbocycles. The molecule has 0 fully saturated rings. The fourth-order valence-corrected chi connectivity index (χ4v) is 1.91. The highest BCUT2D eigenvalue weighted by atomic mass is 16.6. The Morgan fingerprint density at radius 3 is 2.57 bits per heavy atom. The molecule has 10 heteroatoms. The van der Waals surface area contributed by atoms with Crippen molar-refractivity contribution in [3.05, 3.63) is 55.8 Å². The van der Waals surface area contributed by atoms with Crippen LogP contribution in [0.4, 0.5) is 17.2 Å². The quantitative estimate of drug-likeness (QED) is 0.481. The third-order valence-corrected chi connectivity index (χ3v) is 2.85. The number of benzene rings is 1. The summed E-state index contributed by atoms with van der Waals surface area (Å²) in [5.74, 6) is 4.97. The zero-order chi connectivity index (χ0) is 15.6. The van der Waals surface area contributed by atoms with Gasteiger partial charge < -0.3 is 15.5 Å². The number of aromatic nitrogens is 2. The van der Waals surface area contributed by atoms with E-state index < -0.39 is 9.85 Å². The summed E-state index contributed by atoms with van der Waals surface area (Å²) in [5.41, 5.74) is 3.26. The third kappa shape index (κ3) is 2.95. The molecule has 1 aromatic heterocycles. The number of hydrogen-bond acceptors (Lipinski definition) is 7. The average Bonchev–Trinajstić information content (AvgIpc) is 2.79. The summed E-state index contributed by atoms with van der Waals surface area (Å²) in [7, 11) is 0. The number of anilines is 1. The molecule has 110 valence electrons. The van der Waals surface area contributed by atoms with Crippen molar-refractivity contribution in [2.45, 2.75) is 13.5 Å². The number of nitrogens with one attached hydrogen (secondary N) is 1. The maximum Gasteiger partial charge on any atom is 0.392 e. The molecule has 2 rings (SSSR count). The van der Waals surface area contributed by atoms with Crippen LogP contribution in [-0.2, 0) is 6.54 Å². The Balaban J connectivity index is 2.31. The van der Waals surface area contributed by atoms with Crippen LogP contribution in [0, 0.1) is 27.2 Å². The van der Waals surface area contributed by atoms with E-state index in [0.29, 0.717) is 11.1 Å². The summed E-state index contributed by atoms with van der Waals surface area (Å²) >= 11 is 0. The first-order valence-electron chi connectivity index (χ1n) is 5.84. The highest BCUT2D eigenvalue weighted by molar-refractivity contribution is 5.61. The van der Waals surface area contributed by atoms with Crippen LogP contribution >= 0.6 is 0 Å². The minimum atomic E-state index is -0.574. The normalized spacial score (nSPS) is 10.4. The fraction of sp³-hybridized carbons (Fsp3) is 0.182. The zero-order valence-electron chi connectivity index (χ0n) is 11.0. The molecule has 0 radical (unpaired) electrons. The number of nitrogen functional groups attached to an aromatic ring is 1. The van der Waals surface area contributed by atoms with Crippen LogP contribution in [0.5, 0.6) is 0 Å². The Bertz CT molecular complexity index is 711. The average molecular weight is 292 g/mol. The molecule has 0 saturated carbocycles.